The van der Waals surface area contributed by atoms with E-state index in [1.165, 1.54) is 0 Å². The molecule has 1 aliphatic rings. The first-order chi connectivity index (χ1) is 14.5. The quantitative estimate of drug-likeness (QED) is 0.647. The van der Waals surface area contributed by atoms with E-state index in [9.17, 15) is 9.59 Å². The first kappa shape index (κ1) is 20.0. The van der Waals surface area contributed by atoms with E-state index in [0.717, 1.165) is 35.2 Å². The number of pyridine rings is 3. The Hall–Kier alpha value is -3.26. The second-order valence-corrected chi connectivity index (χ2v) is 7.54. The fourth-order valence-electron chi connectivity index (χ4n) is 3.63. The van der Waals surface area contributed by atoms with Gasteiger partial charge in [-0.05, 0) is 43.2 Å². The van der Waals surface area contributed by atoms with Gasteiger partial charge in [0.25, 0.3) is 11.5 Å². The van der Waals surface area contributed by atoms with Crippen LogP contribution in [0.2, 0.25) is 0 Å². The zero-order chi connectivity index (χ0) is 21.3. The molecule has 0 bridgehead atoms. The Morgan fingerprint density at radius 1 is 1.30 bits per heavy atom. The van der Waals surface area contributed by atoms with E-state index in [1.54, 1.807) is 25.4 Å². The molecule has 4 rings (SSSR count). The van der Waals surface area contributed by atoms with Gasteiger partial charge in [0.15, 0.2) is 0 Å². The van der Waals surface area contributed by atoms with E-state index < -0.39 is 0 Å². The highest BCUT2D eigenvalue weighted by atomic mass is 16.5. The van der Waals surface area contributed by atoms with Crippen molar-refractivity contribution < 1.29 is 9.53 Å². The molecule has 30 heavy (non-hydrogen) atoms. The molecule has 3 aromatic rings. The van der Waals surface area contributed by atoms with Crippen LogP contribution in [0.4, 0.5) is 0 Å². The summed E-state index contributed by atoms with van der Waals surface area (Å²) in [5.74, 6) is 0.428. The summed E-state index contributed by atoms with van der Waals surface area (Å²) in [6.07, 6.45) is 4.18. The van der Waals surface area contributed by atoms with Crippen molar-refractivity contribution >= 4 is 16.9 Å². The summed E-state index contributed by atoms with van der Waals surface area (Å²) in [4.78, 5) is 37.5. The maximum atomic E-state index is 12.1. The fraction of sp³-hybridized carbons (Fsp3) is 0.364. The van der Waals surface area contributed by atoms with Crippen LogP contribution in [0.15, 0.2) is 41.5 Å². The number of fused-ring (bicyclic) bond motifs is 1. The van der Waals surface area contributed by atoms with Crippen LogP contribution in [-0.2, 0) is 13.0 Å². The average molecular weight is 407 g/mol. The molecule has 0 radical (unpaired) electrons. The van der Waals surface area contributed by atoms with E-state index in [4.69, 9.17) is 4.74 Å². The van der Waals surface area contributed by atoms with Crippen molar-refractivity contribution in [3.05, 3.63) is 63.8 Å². The lowest BCUT2D eigenvalue weighted by molar-refractivity contribution is -0.0415. The number of ether oxygens (including phenoxy) is 1. The number of hydrogen-bond donors (Lipinski definition) is 2. The fourth-order valence-corrected chi connectivity index (χ4v) is 3.63. The van der Waals surface area contributed by atoms with Crippen molar-refractivity contribution in [3.63, 3.8) is 0 Å². The third-order valence-corrected chi connectivity index (χ3v) is 5.60. The van der Waals surface area contributed by atoms with Crippen LogP contribution < -0.4 is 15.6 Å². The molecular weight excluding hydrogens is 382 g/mol. The number of hydrogen-bond acceptors (Lipinski definition) is 6. The van der Waals surface area contributed by atoms with Crippen LogP contribution >= 0.6 is 0 Å². The topological polar surface area (TPSA) is 100 Å². The molecule has 4 heterocycles. The number of likely N-dealkylation sites (tertiary alicyclic amines) is 1. The second kappa shape index (κ2) is 8.23. The van der Waals surface area contributed by atoms with E-state index in [1.807, 2.05) is 25.3 Å². The molecule has 2 N–H and O–H groups in total. The number of carbonyl (C=O) groups excluding carboxylic acids is 1. The molecule has 8 nitrogen and oxygen atoms in total. The highest BCUT2D eigenvalue weighted by Crippen LogP contribution is 2.26. The molecule has 1 amide bonds. The normalized spacial score (nSPS) is 18.8. The van der Waals surface area contributed by atoms with Crippen molar-refractivity contribution in [2.75, 3.05) is 13.6 Å². The molecule has 0 spiro atoms. The van der Waals surface area contributed by atoms with Crippen molar-refractivity contribution in [1.82, 2.24) is 25.2 Å². The molecule has 1 aliphatic heterocycles. The molecule has 3 aromatic heterocycles. The first-order valence-electron chi connectivity index (χ1n) is 10.1. The van der Waals surface area contributed by atoms with Gasteiger partial charge >= 0.3 is 0 Å². The van der Waals surface area contributed by atoms with Gasteiger partial charge in [-0.1, -0.05) is 6.92 Å². The molecule has 1 saturated heterocycles. The SMILES string of the molecule is CCc1cc2ncc(CN3C[C@H](Oc4ccc(C(=O)NC)nc4)[C@@H]3C)cc2[nH]c1=O. The molecule has 0 aliphatic carbocycles. The van der Waals surface area contributed by atoms with Crippen molar-refractivity contribution in [3.8, 4) is 5.75 Å². The lowest BCUT2D eigenvalue weighted by Gasteiger charge is -2.45. The van der Waals surface area contributed by atoms with E-state index in [0.29, 0.717) is 17.9 Å². The number of rotatable bonds is 6. The molecule has 0 aromatic carbocycles. The summed E-state index contributed by atoms with van der Waals surface area (Å²) in [5.41, 5.74) is 3.67. The number of nitrogens with one attached hydrogen (secondary N) is 2. The van der Waals surface area contributed by atoms with Crippen LogP contribution in [-0.4, -0.2) is 51.5 Å². The van der Waals surface area contributed by atoms with Gasteiger partial charge in [-0.2, -0.15) is 0 Å². The lowest BCUT2D eigenvalue weighted by atomic mass is 10.00. The summed E-state index contributed by atoms with van der Waals surface area (Å²) in [6.45, 7) is 5.59. The Balaban J connectivity index is 1.38. The first-order valence-corrected chi connectivity index (χ1v) is 10.1. The number of aryl methyl sites for hydroxylation is 1. The number of aromatic nitrogens is 3. The summed E-state index contributed by atoms with van der Waals surface area (Å²) < 4.78 is 6.01. The Labute approximate surface area is 174 Å². The maximum Gasteiger partial charge on any atom is 0.269 e. The van der Waals surface area contributed by atoms with Crippen LogP contribution in [0, 0.1) is 0 Å². The van der Waals surface area contributed by atoms with Crippen LogP contribution in [0.1, 0.15) is 35.5 Å². The zero-order valence-electron chi connectivity index (χ0n) is 17.3. The van der Waals surface area contributed by atoms with Gasteiger partial charge in [0.2, 0.25) is 0 Å². The van der Waals surface area contributed by atoms with Crippen LogP contribution in [0.3, 0.4) is 0 Å². The van der Waals surface area contributed by atoms with Gasteiger partial charge < -0.3 is 15.0 Å². The number of nitrogens with zero attached hydrogens (tertiary/aromatic N) is 3. The molecule has 0 saturated carbocycles. The predicted octanol–water partition coefficient (Wildman–Crippen LogP) is 1.89. The molecular formula is C22H25N5O3. The van der Waals surface area contributed by atoms with Gasteiger partial charge in [-0.15, -0.1) is 0 Å². The standard InChI is InChI=1S/C22H25N5O3/c1-4-15-8-18-19(26-21(15)28)7-14(9-24-18)11-27-12-20(13(27)2)30-16-5-6-17(25-10-16)22(29)23-3/h5-10,13,20H,4,11-12H2,1-3H3,(H,23,29)(H,26,28)/t13-,20-/m0/s1. The summed E-state index contributed by atoms with van der Waals surface area (Å²) in [7, 11) is 1.57. The van der Waals surface area contributed by atoms with E-state index >= 15 is 0 Å². The van der Waals surface area contributed by atoms with Gasteiger partial charge in [0.05, 0.1) is 17.2 Å². The molecule has 8 heteroatoms. The minimum atomic E-state index is -0.221. The highest BCUT2D eigenvalue weighted by Gasteiger charge is 2.37. The largest absolute Gasteiger partial charge is 0.486 e. The predicted molar refractivity (Wildman–Crippen MR) is 114 cm³/mol. The molecule has 1 fully saturated rings. The van der Waals surface area contributed by atoms with Gasteiger partial charge in [0.1, 0.15) is 17.5 Å². The van der Waals surface area contributed by atoms with Crippen molar-refractivity contribution in [2.24, 2.45) is 0 Å². The summed E-state index contributed by atoms with van der Waals surface area (Å²) >= 11 is 0. The van der Waals surface area contributed by atoms with E-state index in [2.05, 4.69) is 32.1 Å². The molecule has 0 unspecified atom stereocenters. The zero-order valence-corrected chi connectivity index (χ0v) is 17.3. The Morgan fingerprint density at radius 2 is 2.13 bits per heavy atom. The monoisotopic (exact) mass is 407 g/mol. The Bertz CT molecular complexity index is 1130. The van der Waals surface area contributed by atoms with E-state index in [-0.39, 0.29) is 23.6 Å². The number of amides is 1. The molecule has 156 valence electrons. The van der Waals surface area contributed by atoms with Crippen LogP contribution in [0.5, 0.6) is 5.75 Å². The minimum Gasteiger partial charge on any atom is -0.486 e. The average Bonchev–Trinajstić information content (AvgIpc) is 2.77. The van der Waals surface area contributed by atoms with Gasteiger partial charge in [-0.3, -0.25) is 19.5 Å². The summed E-state index contributed by atoms with van der Waals surface area (Å²) in [6, 6.07) is 7.49. The number of H-pyrrole nitrogens is 1. The second-order valence-electron chi connectivity index (χ2n) is 7.54. The highest BCUT2D eigenvalue weighted by molar-refractivity contribution is 5.92. The summed E-state index contributed by atoms with van der Waals surface area (Å²) in [5, 5.41) is 2.55. The minimum absolute atomic E-state index is 0.0502. The third kappa shape index (κ3) is 3.91. The smallest absolute Gasteiger partial charge is 0.269 e. The number of carbonyl (C=O) groups is 1. The number of aromatic amines is 1. The lowest BCUT2D eigenvalue weighted by Crippen LogP contribution is -2.60. The van der Waals surface area contributed by atoms with Gasteiger partial charge in [-0.25, -0.2) is 4.98 Å². The van der Waals surface area contributed by atoms with Crippen molar-refractivity contribution in [2.45, 2.75) is 39.0 Å². The maximum absolute atomic E-state index is 12.1. The Kier molecular flexibility index (Phi) is 5.50. The van der Waals surface area contributed by atoms with Gasteiger partial charge in [0, 0.05) is 37.9 Å². The third-order valence-electron chi connectivity index (χ3n) is 5.60. The van der Waals surface area contributed by atoms with Crippen molar-refractivity contribution in [1.29, 1.82) is 0 Å². The van der Waals surface area contributed by atoms with Crippen LogP contribution in [0.25, 0.3) is 11.0 Å². The Morgan fingerprint density at radius 3 is 2.80 bits per heavy atom. The molecule has 2 atom stereocenters.